The molecule has 24 heteroatoms. The van der Waals surface area contributed by atoms with Gasteiger partial charge in [-0.25, -0.2) is 19.0 Å². The van der Waals surface area contributed by atoms with Crippen LogP contribution in [-0.2, 0) is 33.0 Å². The summed E-state index contributed by atoms with van der Waals surface area (Å²) in [5, 5.41) is 24.5. The molecular formula is C52H62BBrCl2N16O4. The maximum absolute atomic E-state index is 12.9. The minimum atomic E-state index is -0.469. The molecule has 0 aliphatic carbocycles. The molecule has 0 saturated carbocycles. The summed E-state index contributed by atoms with van der Waals surface area (Å²) in [6.45, 7) is 14.7. The Morgan fingerprint density at radius 2 is 1.14 bits per heavy atom. The van der Waals surface area contributed by atoms with E-state index >= 15 is 0 Å². The molecule has 3 saturated heterocycles. The van der Waals surface area contributed by atoms with Crippen LogP contribution >= 0.6 is 39.1 Å². The molecule has 3 fully saturated rings. The highest BCUT2D eigenvalue weighted by atomic mass is 79.9. The van der Waals surface area contributed by atoms with E-state index in [0.717, 1.165) is 67.7 Å². The van der Waals surface area contributed by atoms with Gasteiger partial charge >= 0.3 is 7.12 Å². The van der Waals surface area contributed by atoms with E-state index in [1.807, 2.05) is 101 Å². The monoisotopic (exact) mass is 1130 g/mol. The van der Waals surface area contributed by atoms with Crippen LogP contribution in [-0.4, -0.2) is 105 Å². The molecule has 3 aliphatic rings. The zero-order valence-corrected chi connectivity index (χ0v) is 46.8. The number of nitrogen functional groups attached to an aromatic ring is 2. The van der Waals surface area contributed by atoms with E-state index in [4.69, 9.17) is 44.0 Å². The number of nitrogens with zero attached hydrogens (tertiary/aromatic N) is 12. The number of carbonyl (C=O) groups is 2. The van der Waals surface area contributed by atoms with Crippen molar-refractivity contribution in [2.45, 2.75) is 77.7 Å². The normalized spacial score (nSPS) is 16.8. The summed E-state index contributed by atoms with van der Waals surface area (Å²) in [4.78, 5) is 39.0. The molecule has 6 N–H and O–H groups in total. The Labute approximate surface area is 459 Å². The predicted molar refractivity (Wildman–Crippen MR) is 300 cm³/mol. The molecule has 3 aliphatic heterocycles. The van der Waals surface area contributed by atoms with Crippen LogP contribution < -0.4 is 37.4 Å². The van der Waals surface area contributed by atoms with Crippen LogP contribution in [0.1, 0.15) is 77.6 Å². The number of aryl methyl sites for hydroxylation is 2. The summed E-state index contributed by atoms with van der Waals surface area (Å²) in [6, 6.07) is 19.2. The van der Waals surface area contributed by atoms with E-state index in [-0.39, 0.29) is 35.7 Å². The van der Waals surface area contributed by atoms with Gasteiger partial charge in [-0.2, -0.15) is 20.4 Å². The smallest absolute Gasteiger partial charge is 0.399 e. The van der Waals surface area contributed by atoms with Crippen molar-refractivity contribution in [3.63, 3.8) is 0 Å². The Bertz CT molecular complexity index is 3320. The molecule has 2 amide bonds. The highest BCUT2D eigenvalue weighted by molar-refractivity contribution is 9.10. The maximum atomic E-state index is 12.9. The highest BCUT2D eigenvalue weighted by Crippen LogP contribution is 2.38. The van der Waals surface area contributed by atoms with E-state index in [1.54, 1.807) is 44.9 Å². The van der Waals surface area contributed by atoms with Crippen LogP contribution in [0.4, 0.5) is 23.3 Å². The van der Waals surface area contributed by atoms with Crippen LogP contribution in [0.3, 0.4) is 0 Å². The van der Waals surface area contributed by atoms with Crippen molar-refractivity contribution in [2.75, 3.05) is 47.4 Å². The first kappa shape index (κ1) is 54.1. The molecule has 0 bridgehead atoms. The van der Waals surface area contributed by atoms with Gasteiger partial charge in [-0.3, -0.25) is 19.0 Å². The minimum absolute atomic E-state index is 0.0345. The Kier molecular flexibility index (Phi) is 15.7. The van der Waals surface area contributed by atoms with Gasteiger partial charge in [-0.05, 0) is 104 Å². The second kappa shape index (κ2) is 22.1. The lowest BCUT2D eigenvalue weighted by molar-refractivity contribution is -0.127. The molecule has 11 rings (SSSR count). The summed E-state index contributed by atoms with van der Waals surface area (Å²) in [5.41, 5.74) is 17.3. The van der Waals surface area contributed by atoms with E-state index < -0.39 is 18.3 Å². The average molecular weight is 1140 g/mol. The molecular weight excluding hydrogens is 1070 g/mol. The lowest BCUT2D eigenvalue weighted by atomic mass is 9.81. The SMILES string of the molecule is CC[C@H](NC(=O)C1CN(c2ncnn3cc(-c4cnn(C)c4N)cc23)C1)c1ccc(Cl)cc1.CC[C@H](NC(=O)C1CN(c2ncnn3cc(B4OC(C)(C)C(C)(C)O4)cc23)C1)c1ccc(Cl)cc1.Cn1ncc(Br)c1N. The van der Waals surface area contributed by atoms with Crippen molar-refractivity contribution in [1.82, 2.24) is 59.4 Å². The first-order chi connectivity index (χ1) is 36.2. The topological polar surface area (TPSA) is 231 Å². The molecule has 20 nitrogen and oxygen atoms in total. The molecule has 0 spiro atoms. The number of benzene rings is 2. The van der Waals surface area contributed by atoms with Gasteiger partial charge in [0.1, 0.15) is 35.3 Å². The van der Waals surface area contributed by atoms with Gasteiger partial charge in [0.05, 0.1) is 52.0 Å². The number of hydrogen-bond donors (Lipinski definition) is 4. The fourth-order valence-corrected chi connectivity index (χ4v) is 9.73. The molecule has 2 atom stereocenters. The zero-order valence-electron chi connectivity index (χ0n) is 43.7. The van der Waals surface area contributed by atoms with Crippen LogP contribution in [0, 0.1) is 11.8 Å². The molecule has 8 aromatic rings. The Hall–Kier alpha value is -6.72. The molecule has 9 heterocycles. The molecule has 76 heavy (non-hydrogen) atoms. The second-order valence-corrected chi connectivity index (χ2v) is 22.0. The fourth-order valence-electron chi connectivity index (χ4n) is 9.13. The summed E-state index contributed by atoms with van der Waals surface area (Å²) in [5.74, 6) is 2.77. The number of halogens is 3. The fraction of sp³-hybridized carbons (Fsp3) is 0.385. The lowest BCUT2D eigenvalue weighted by Crippen LogP contribution is -2.54. The van der Waals surface area contributed by atoms with Gasteiger partial charge in [0.15, 0.2) is 11.6 Å². The van der Waals surface area contributed by atoms with Crippen LogP contribution in [0.5, 0.6) is 0 Å². The third kappa shape index (κ3) is 11.2. The van der Waals surface area contributed by atoms with Crippen molar-refractivity contribution in [3.05, 3.63) is 124 Å². The minimum Gasteiger partial charge on any atom is -0.399 e. The first-order valence-corrected chi connectivity index (χ1v) is 26.6. The quantitative estimate of drug-likeness (QED) is 0.0886. The molecule has 0 radical (unpaired) electrons. The first-order valence-electron chi connectivity index (χ1n) is 25.1. The van der Waals surface area contributed by atoms with E-state index in [1.165, 1.54) is 12.7 Å². The number of hydrogen-bond acceptors (Lipinski definition) is 14. The van der Waals surface area contributed by atoms with Crippen molar-refractivity contribution in [1.29, 1.82) is 0 Å². The maximum Gasteiger partial charge on any atom is 0.496 e. The Morgan fingerprint density at radius 3 is 1.55 bits per heavy atom. The summed E-state index contributed by atoms with van der Waals surface area (Å²) < 4.78 is 20.1. The molecule has 6 aromatic heterocycles. The average Bonchev–Trinajstić information content (AvgIpc) is 4.19. The van der Waals surface area contributed by atoms with Crippen LogP contribution in [0.25, 0.3) is 22.2 Å². The van der Waals surface area contributed by atoms with Crippen LogP contribution in [0.15, 0.2) is 103 Å². The predicted octanol–water partition coefficient (Wildman–Crippen LogP) is 7.22. The number of nitrogens with one attached hydrogen (secondary N) is 2. The van der Waals surface area contributed by atoms with Crippen molar-refractivity contribution in [3.8, 4) is 11.1 Å². The van der Waals surface area contributed by atoms with E-state index in [2.05, 4.69) is 80.6 Å². The summed E-state index contributed by atoms with van der Waals surface area (Å²) in [6.07, 6.45) is 11.9. The molecule has 2 aromatic carbocycles. The van der Waals surface area contributed by atoms with Gasteiger partial charge < -0.3 is 41.2 Å². The number of rotatable bonds is 12. The third-order valence-corrected chi connectivity index (χ3v) is 15.8. The van der Waals surface area contributed by atoms with E-state index in [0.29, 0.717) is 47.9 Å². The number of nitrogens with two attached hydrogens (primary N) is 2. The highest BCUT2D eigenvalue weighted by Gasteiger charge is 2.52. The van der Waals surface area contributed by atoms with Gasteiger partial charge in [0, 0.05) is 79.3 Å². The number of fused-ring (bicyclic) bond motifs is 2. The number of anilines is 4. The zero-order chi connectivity index (χ0) is 54.2. The van der Waals surface area contributed by atoms with Gasteiger partial charge in [0.2, 0.25) is 11.8 Å². The molecule has 0 unspecified atom stereocenters. The second-order valence-electron chi connectivity index (χ2n) is 20.2. The standard InChI is InChI=1S/C25H31BClN5O3.C23H25ClN8O.C4H6BrN3/c1-6-20(16-7-9-19(27)10-8-16)30-23(33)17-12-31(13-17)22-21-11-18(14-32(21)29-15-28-22)26-34-24(2,3)25(4,5)35-26;1-3-19(14-4-6-17(24)7-5-14)29-23(33)16-10-31(11-16)22-20-8-15(12-32(20)28-13-26-22)18-9-27-30(2)21(18)25;1-8-4(6)3(5)2-7-8/h7-11,14-15,17,20H,6,12-13H2,1-5H3,(H,30,33);4-9,12-13,16,19H,3,10-11,25H2,1-2H3,(H,29,33);2H,6H2,1H3/t20-;19-;/m00./s1. The van der Waals surface area contributed by atoms with E-state index in [9.17, 15) is 9.59 Å². The number of aromatic nitrogens is 10. The third-order valence-electron chi connectivity index (χ3n) is 14.6. The van der Waals surface area contributed by atoms with Crippen molar-refractivity contribution >= 4 is 97.8 Å². The summed E-state index contributed by atoms with van der Waals surface area (Å²) >= 11 is 15.2. The number of amides is 2. The van der Waals surface area contributed by atoms with Gasteiger partial charge in [-0.15, -0.1) is 0 Å². The lowest BCUT2D eigenvalue weighted by Gasteiger charge is -2.39. The Balaban J connectivity index is 0.000000162. The van der Waals surface area contributed by atoms with Gasteiger partial charge in [0.25, 0.3) is 0 Å². The molecule has 398 valence electrons. The van der Waals surface area contributed by atoms with Crippen molar-refractivity contribution < 1.29 is 18.9 Å². The summed E-state index contributed by atoms with van der Waals surface area (Å²) in [7, 11) is 3.13. The Morgan fingerprint density at radius 1 is 0.697 bits per heavy atom. The van der Waals surface area contributed by atoms with Gasteiger partial charge in [-0.1, -0.05) is 61.3 Å². The van der Waals surface area contributed by atoms with Crippen LogP contribution in [0.2, 0.25) is 10.0 Å². The number of carbonyl (C=O) groups excluding carboxylic acids is 2. The largest absolute Gasteiger partial charge is 0.496 e. The van der Waals surface area contributed by atoms with Crippen molar-refractivity contribution in [2.24, 2.45) is 25.9 Å².